The number of hydrogen-bond donors (Lipinski definition) is 0. The van der Waals surface area contributed by atoms with Crippen LogP contribution in [0.15, 0.2) is 176 Å². The number of rotatable bonds is 30. The molecule has 5 saturated carbocycles. The van der Waals surface area contributed by atoms with E-state index in [1.807, 2.05) is 0 Å². The molecule has 5 aromatic rings. The first-order chi connectivity index (χ1) is 58.8. The summed E-state index contributed by atoms with van der Waals surface area (Å²) in [5.74, 6) is 14.9. The second kappa shape index (κ2) is 61.3. The first-order valence-corrected chi connectivity index (χ1v) is 53.2. The molecule has 0 saturated heterocycles. The van der Waals surface area contributed by atoms with Gasteiger partial charge in [0.1, 0.15) is 0 Å². The highest BCUT2D eigenvalue weighted by Gasteiger charge is 2.35. The van der Waals surface area contributed by atoms with E-state index in [0.29, 0.717) is 0 Å². The number of halogens is 5. The normalized spacial score (nSPS) is 26.6. The molecule has 5 unspecified atom stereocenters. The quantitative estimate of drug-likeness (QED) is 0.0318. The Hall–Kier alpha value is -4.45. The smallest absolute Gasteiger partial charge is 0.0377 e. The molecule has 695 valence electrons. The van der Waals surface area contributed by atoms with Gasteiger partial charge in [-0.25, -0.2) is 0 Å². The summed E-state index contributed by atoms with van der Waals surface area (Å²) in [7, 11) is 0. The van der Waals surface area contributed by atoms with Crippen LogP contribution < -0.4 is 0 Å². The summed E-state index contributed by atoms with van der Waals surface area (Å²) in [6.45, 7) is 11.6. The Morgan fingerprint density at radius 2 is 0.328 bits per heavy atom. The lowest BCUT2D eigenvalue weighted by molar-refractivity contribution is 0.187. The Balaban J connectivity index is 0.000000239. The van der Waals surface area contributed by atoms with Gasteiger partial charge in [0.15, 0.2) is 0 Å². The van der Waals surface area contributed by atoms with Crippen molar-refractivity contribution in [3.05, 3.63) is 180 Å². The van der Waals surface area contributed by atoms with Crippen LogP contribution in [-0.4, -0.2) is 0 Å². The molecule has 0 spiro atoms. The number of allylic oxidation sites excluding steroid dienone is 10. The second-order valence-corrected chi connectivity index (χ2v) is 42.7. The molecule has 10 heteroatoms. The zero-order valence-electron chi connectivity index (χ0n) is 78.6. The van der Waals surface area contributed by atoms with Crippen LogP contribution in [0.3, 0.4) is 0 Å². The van der Waals surface area contributed by atoms with Gasteiger partial charge in [0.05, 0.1) is 0 Å². The van der Waals surface area contributed by atoms with Crippen LogP contribution in [0.4, 0.5) is 23.5 Å². The van der Waals surface area contributed by atoms with Gasteiger partial charge in [-0.05, 0) is 366 Å². The highest BCUT2D eigenvalue weighted by molar-refractivity contribution is 7.81. The van der Waals surface area contributed by atoms with Crippen molar-refractivity contribution < 1.29 is 23.5 Å². The summed E-state index contributed by atoms with van der Waals surface area (Å²) in [6.07, 6.45) is 91.2. The van der Waals surface area contributed by atoms with Crippen LogP contribution in [0.25, 0.3) is 27.9 Å². The van der Waals surface area contributed by atoms with Gasteiger partial charge in [-0.2, -0.15) is 0 Å². The molecule has 0 nitrogen and oxygen atoms in total. The lowest BCUT2D eigenvalue weighted by Crippen LogP contribution is -2.23. The van der Waals surface area contributed by atoms with Crippen LogP contribution >= 0.6 is 63.1 Å². The van der Waals surface area contributed by atoms with Crippen molar-refractivity contribution in [1.82, 2.24) is 0 Å². The van der Waals surface area contributed by atoms with E-state index in [2.05, 4.69) is 186 Å². The van der Waals surface area contributed by atoms with Crippen LogP contribution in [0, 0.1) is 88.8 Å². The van der Waals surface area contributed by atoms with E-state index >= 15 is 0 Å². The summed E-state index contributed by atoms with van der Waals surface area (Å²) in [5.41, 5.74) is 14.7. The molecule has 5 aromatic carbocycles. The van der Waals surface area contributed by atoms with Crippen molar-refractivity contribution in [1.29, 1.82) is 0 Å². The molecule has 5 radical (unpaired) electrons. The molecule has 125 heavy (non-hydrogen) atoms. The van der Waals surface area contributed by atoms with E-state index in [4.69, 9.17) is 63.1 Å². The minimum absolute atomic E-state index is 0. The molecule has 5 fully saturated rings. The summed E-state index contributed by atoms with van der Waals surface area (Å²) < 4.78 is 0. The minimum atomic E-state index is 0. The predicted octanol–water partition coefficient (Wildman–Crippen LogP) is 39.8. The molecule has 0 bridgehead atoms. The molecular weight excluding hydrogens is 1640 g/mol. The average Bonchev–Trinajstić information content (AvgIpc) is 0.851. The summed E-state index contributed by atoms with van der Waals surface area (Å²) >= 11 is 26.0. The van der Waals surface area contributed by atoms with Crippen molar-refractivity contribution in [2.45, 2.75) is 412 Å². The van der Waals surface area contributed by atoms with Crippen LogP contribution in [0.1, 0.15) is 416 Å². The Kier molecular flexibility index (Phi) is 53.6. The maximum absolute atomic E-state index is 5.20. The topological polar surface area (TPSA) is 0 Å². The first kappa shape index (κ1) is 109. The molecule has 5 atom stereocenters. The van der Waals surface area contributed by atoms with Gasteiger partial charge in [0.2, 0.25) is 0 Å². The number of hydrogen-bond acceptors (Lipinski definition) is 0. The molecule has 10 aliphatic carbocycles. The molecule has 15 rings (SSSR count). The van der Waals surface area contributed by atoms with Crippen LogP contribution in [0.5, 0.6) is 0 Å². The Morgan fingerprint density at radius 3 is 0.448 bits per heavy atom. The third-order valence-electron chi connectivity index (χ3n) is 32.3. The molecule has 0 aromatic heterocycles. The largest absolute Gasteiger partial charge is 0.269 e. The lowest BCUT2D eigenvalue weighted by atomic mass is 9.70. The third-order valence-corrected chi connectivity index (χ3v) is 33.6. The SMILES string of the molecule is CCCCC[C@H]1CC[C@H](C2CC=C(c3ccc([S])cc3)CC2)CC1.CCCCC[C@H]1CC[C@H](C2CC=C(c3ccc([S])cc3)CC2)CC1.CCCCC[C@H]1CC[C@H](C2CC=C(c3ccc([S])cc3)CC2)CC1.CCCCC[C@H]1CC[C@H](C2CC=C(c3ccc([S])cc3)CC2)CC1.CCCCC[C@H]1CC[C@H](C2CC=C(c3ccc([S])cc3)CC2)CC1.F.F.F.F.F. The Morgan fingerprint density at radius 1 is 0.184 bits per heavy atom. The van der Waals surface area contributed by atoms with E-state index in [1.54, 1.807) is 27.9 Å². The van der Waals surface area contributed by atoms with E-state index < -0.39 is 0 Å². The first-order valence-electron chi connectivity index (χ1n) is 51.1. The highest BCUT2D eigenvalue weighted by atomic mass is 32.1. The van der Waals surface area contributed by atoms with E-state index in [9.17, 15) is 0 Å². The molecule has 0 aliphatic heterocycles. The second-order valence-electron chi connectivity index (χ2n) is 40.3. The predicted molar refractivity (Wildman–Crippen MR) is 549 cm³/mol. The third kappa shape index (κ3) is 37.3. The van der Waals surface area contributed by atoms with Gasteiger partial charge in [-0.3, -0.25) is 23.5 Å². The summed E-state index contributed by atoms with van der Waals surface area (Å²) in [6, 6.07) is 42.7. The van der Waals surface area contributed by atoms with E-state index in [-0.39, 0.29) is 23.5 Å². The maximum Gasteiger partial charge on any atom is 0.0377 e. The van der Waals surface area contributed by atoms with Crippen molar-refractivity contribution in [2.75, 3.05) is 0 Å². The standard InChI is InChI=1S/5C23H33S.5FH/c5*1-2-3-4-5-18-6-8-19(9-7-18)20-10-12-21(13-11-20)22-14-16-23(24)17-15-22;;;;;/h5*12,14-20H,2-11,13H2,1H3;5*1H/t5*18-,19-,20?;;;;;. The van der Waals surface area contributed by atoms with Crippen molar-refractivity contribution >= 4 is 91.0 Å². The number of benzene rings is 5. The molecular formula is C115H170F5S5. The van der Waals surface area contributed by atoms with E-state index in [1.165, 1.54) is 381 Å². The van der Waals surface area contributed by atoms with Crippen LogP contribution in [0.2, 0.25) is 0 Å². The van der Waals surface area contributed by atoms with Gasteiger partial charge in [0, 0.05) is 24.5 Å². The van der Waals surface area contributed by atoms with Gasteiger partial charge in [-0.15, -0.1) is 0 Å². The monoisotopic (exact) mass is 1810 g/mol. The lowest BCUT2D eigenvalue weighted by Gasteiger charge is -2.35. The van der Waals surface area contributed by atoms with Crippen molar-refractivity contribution in [2.24, 2.45) is 88.8 Å². The van der Waals surface area contributed by atoms with Crippen molar-refractivity contribution in [3.63, 3.8) is 0 Å². The zero-order chi connectivity index (χ0) is 83.9. The Bertz CT molecular complexity index is 3210. The van der Waals surface area contributed by atoms with E-state index in [0.717, 1.165) is 113 Å². The molecule has 10 aliphatic rings. The van der Waals surface area contributed by atoms with Gasteiger partial charge in [0.25, 0.3) is 0 Å². The highest BCUT2D eigenvalue weighted by Crippen LogP contribution is 2.49. The molecule has 0 N–H and O–H groups in total. The Labute approximate surface area is 789 Å². The minimum Gasteiger partial charge on any atom is -0.269 e. The van der Waals surface area contributed by atoms with Crippen molar-refractivity contribution in [3.8, 4) is 0 Å². The summed E-state index contributed by atoms with van der Waals surface area (Å²) in [5, 5.41) is 0. The molecule has 0 heterocycles. The fourth-order valence-corrected chi connectivity index (χ4v) is 24.9. The fraction of sp³-hybridized carbons (Fsp3) is 0.652. The fourth-order valence-electron chi connectivity index (χ4n) is 24.2. The van der Waals surface area contributed by atoms with Gasteiger partial charge >= 0.3 is 0 Å². The molecule has 0 amide bonds. The number of unbranched alkanes of at least 4 members (excludes halogenated alkanes) is 10. The summed E-state index contributed by atoms with van der Waals surface area (Å²) in [4.78, 5) is 4.74. The van der Waals surface area contributed by atoms with Gasteiger partial charge < -0.3 is 0 Å². The zero-order valence-corrected chi connectivity index (χ0v) is 82.6. The van der Waals surface area contributed by atoms with Gasteiger partial charge in [-0.1, -0.05) is 381 Å². The maximum atomic E-state index is 5.20. The average molecular weight is 1810 g/mol. The van der Waals surface area contributed by atoms with Crippen LogP contribution in [-0.2, 0) is 0 Å².